The zero-order chi connectivity index (χ0) is 14.5. The maximum Gasteiger partial charge on any atom is 0.237 e. The zero-order valence-electron chi connectivity index (χ0n) is 12.6. The van der Waals surface area contributed by atoms with Gasteiger partial charge in [-0.1, -0.05) is 0 Å². The molecule has 2 rings (SSSR count). The molecule has 5 nitrogen and oxygen atoms in total. The van der Waals surface area contributed by atoms with E-state index in [0.717, 1.165) is 23.6 Å². The Morgan fingerprint density at radius 3 is 2.90 bits per heavy atom. The first-order valence-corrected chi connectivity index (χ1v) is 6.99. The number of nitrogens with one attached hydrogen (secondary N) is 1. The Morgan fingerprint density at radius 2 is 2.20 bits per heavy atom. The molecule has 0 aromatic carbocycles. The van der Waals surface area contributed by atoms with Crippen LogP contribution in [-0.4, -0.2) is 20.9 Å². The van der Waals surface area contributed by atoms with Gasteiger partial charge in [0.2, 0.25) is 5.88 Å². The average molecular weight is 274 g/mol. The van der Waals surface area contributed by atoms with Gasteiger partial charge in [-0.25, -0.2) is 4.98 Å². The second-order valence-corrected chi connectivity index (χ2v) is 4.97. The molecule has 0 spiro atoms. The van der Waals surface area contributed by atoms with Gasteiger partial charge in [-0.15, -0.1) is 0 Å². The number of rotatable bonds is 6. The molecule has 2 aromatic rings. The van der Waals surface area contributed by atoms with Gasteiger partial charge in [-0.3, -0.25) is 4.68 Å². The number of hydrogen-bond acceptors (Lipinski definition) is 4. The Kier molecular flexibility index (Phi) is 4.61. The molecule has 0 amide bonds. The molecule has 0 saturated carbocycles. The van der Waals surface area contributed by atoms with E-state index in [1.54, 1.807) is 6.20 Å². The molecule has 0 aliphatic rings. The quantitative estimate of drug-likeness (QED) is 0.879. The molecule has 108 valence electrons. The van der Waals surface area contributed by atoms with Crippen LogP contribution >= 0.6 is 0 Å². The van der Waals surface area contributed by atoms with Gasteiger partial charge >= 0.3 is 0 Å². The minimum Gasteiger partial charge on any atom is -0.473 e. The number of aromatic nitrogens is 3. The monoisotopic (exact) mass is 274 g/mol. The Balaban J connectivity index is 2.10. The lowest BCUT2D eigenvalue weighted by Crippen LogP contribution is -2.11. The SMILES string of the molecule is CCn1nc(C)cc1CNc1cccnc1OC(C)C. The van der Waals surface area contributed by atoms with Crippen molar-refractivity contribution >= 4 is 5.69 Å². The fraction of sp³-hybridized carbons (Fsp3) is 0.467. The Bertz CT molecular complexity index is 563. The van der Waals surface area contributed by atoms with E-state index in [0.29, 0.717) is 12.4 Å². The summed E-state index contributed by atoms with van der Waals surface area (Å²) < 4.78 is 7.70. The van der Waals surface area contributed by atoms with Gasteiger partial charge in [0.25, 0.3) is 0 Å². The van der Waals surface area contributed by atoms with Crippen LogP contribution in [0.4, 0.5) is 5.69 Å². The third-order valence-electron chi connectivity index (χ3n) is 2.86. The van der Waals surface area contributed by atoms with Crippen LogP contribution < -0.4 is 10.1 Å². The minimum absolute atomic E-state index is 0.105. The predicted octanol–water partition coefficient (Wildman–Crippen LogP) is 3.01. The van der Waals surface area contributed by atoms with Crippen molar-refractivity contribution in [2.45, 2.75) is 46.9 Å². The third kappa shape index (κ3) is 3.50. The summed E-state index contributed by atoms with van der Waals surface area (Å²) in [5, 5.41) is 7.82. The first-order chi connectivity index (χ1) is 9.60. The van der Waals surface area contributed by atoms with E-state index in [9.17, 15) is 0 Å². The molecule has 0 aliphatic carbocycles. The van der Waals surface area contributed by atoms with Gasteiger partial charge in [0.05, 0.1) is 29.7 Å². The molecule has 0 aliphatic heterocycles. The molecule has 0 bridgehead atoms. The third-order valence-corrected chi connectivity index (χ3v) is 2.86. The van der Waals surface area contributed by atoms with Crippen LogP contribution in [0.25, 0.3) is 0 Å². The maximum atomic E-state index is 5.70. The van der Waals surface area contributed by atoms with Crippen LogP contribution in [-0.2, 0) is 13.1 Å². The Morgan fingerprint density at radius 1 is 1.40 bits per heavy atom. The van der Waals surface area contributed by atoms with E-state index in [2.05, 4.69) is 28.4 Å². The maximum absolute atomic E-state index is 5.70. The van der Waals surface area contributed by atoms with Crippen LogP contribution in [0.3, 0.4) is 0 Å². The van der Waals surface area contributed by atoms with E-state index in [1.807, 2.05) is 37.6 Å². The van der Waals surface area contributed by atoms with Crippen molar-refractivity contribution in [3.05, 3.63) is 35.8 Å². The number of anilines is 1. The second kappa shape index (κ2) is 6.41. The summed E-state index contributed by atoms with van der Waals surface area (Å²) in [7, 11) is 0. The summed E-state index contributed by atoms with van der Waals surface area (Å²) in [4.78, 5) is 4.27. The standard InChI is InChI=1S/C15H22N4O/c1-5-19-13(9-12(4)18-19)10-17-14-7-6-8-16-15(14)20-11(2)3/h6-9,11,17H,5,10H2,1-4H3. The van der Waals surface area contributed by atoms with Crippen molar-refractivity contribution in [2.75, 3.05) is 5.32 Å². The number of aryl methyl sites for hydroxylation is 2. The molecule has 1 N–H and O–H groups in total. The summed E-state index contributed by atoms with van der Waals surface area (Å²) in [5.41, 5.74) is 3.10. The molecular formula is C15H22N4O. The normalized spacial score (nSPS) is 10.8. The predicted molar refractivity (Wildman–Crippen MR) is 80.0 cm³/mol. The molecule has 0 atom stereocenters. The number of pyridine rings is 1. The van der Waals surface area contributed by atoms with Crippen LogP contribution in [0.2, 0.25) is 0 Å². The fourth-order valence-electron chi connectivity index (χ4n) is 2.04. The van der Waals surface area contributed by atoms with Gasteiger partial charge in [0.15, 0.2) is 0 Å². The highest BCUT2D eigenvalue weighted by Gasteiger charge is 2.08. The summed E-state index contributed by atoms with van der Waals surface area (Å²) in [6.07, 6.45) is 1.84. The molecule has 0 radical (unpaired) electrons. The fourth-order valence-corrected chi connectivity index (χ4v) is 2.04. The van der Waals surface area contributed by atoms with E-state index in [4.69, 9.17) is 4.74 Å². The molecule has 0 fully saturated rings. The van der Waals surface area contributed by atoms with Gasteiger partial charge in [-0.05, 0) is 45.9 Å². The van der Waals surface area contributed by atoms with Crippen molar-refractivity contribution < 1.29 is 4.74 Å². The highest BCUT2D eigenvalue weighted by atomic mass is 16.5. The average Bonchev–Trinajstić information content (AvgIpc) is 2.77. The van der Waals surface area contributed by atoms with Crippen molar-refractivity contribution in [1.29, 1.82) is 0 Å². The van der Waals surface area contributed by atoms with Crippen molar-refractivity contribution in [2.24, 2.45) is 0 Å². The largest absolute Gasteiger partial charge is 0.473 e. The van der Waals surface area contributed by atoms with Gasteiger partial charge < -0.3 is 10.1 Å². The van der Waals surface area contributed by atoms with E-state index in [-0.39, 0.29) is 6.10 Å². The molecule has 0 unspecified atom stereocenters. The summed E-state index contributed by atoms with van der Waals surface area (Å²) >= 11 is 0. The highest BCUT2D eigenvalue weighted by molar-refractivity contribution is 5.52. The van der Waals surface area contributed by atoms with Crippen molar-refractivity contribution in [1.82, 2.24) is 14.8 Å². The highest BCUT2D eigenvalue weighted by Crippen LogP contribution is 2.22. The smallest absolute Gasteiger partial charge is 0.237 e. The van der Waals surface area contributed by atoms with Gasteiger partial charge in [-0.2, -0.15) is 5.10 Å². The molecule has 2 heterocycles. The lowest BCUT2D eigenvalue weighted by atomic mass is 10.3. The second-order valence-electron chi connectivity index (χ2n) is 4.97. The van der Waals surface area contributed by atoms with E-state index < -0.39 is 0 Å². The summed E-state index contributed by atoms with van der Waals surface area (Å²) in [6, 6.07) is 5.97. The molecule has 5 heteroatoms. The minimum atomic E-state index is 0.105. The van der Waals surface area contributed by atoms with Crippen LogP contribution in [0.5, 0.6) is 5.88 Å². The Hall–Kier alpha value is -2.04. The number of ether oxygens (including phenoxy) is 1. The Labute approximate surface area is 120 Å². The van der Waals surface area contributed by atoms with Crippen LogP contribution in [0.1, 0.15) is 32.2 Å². The zero-order valence-corrected chi connectivity index (χ0v) is 12.6. The first kappa shape index (κ1) is 14.4. The van der Waals surface area contributed by atoms with Crippen molar-refractivity contribution in [3.63, 3.8) is 0 Å². The van der Waals surface area contributed by atoms with E-state index in [1.165, 1.54) is 0 Å². The van der Waals surface area contributed by atoms with Gasteiger partial charge in [0.1, 0.15) is 0 Å². The van der Waals surface area contributed by atoms with E-state index >= 15 is 0 Å². The van der Waals surface area contributed by atoms with Crippen molar-refractivity contribution in [3.8, 4) is 5.88 Å². The van der Waals surface area contributed by atoms with Crippen LogP contribution in [0, 0.1) is 6.92 Å². The molecule has 0 saturated heterocycles. The number of nitrogens with zero attached hydrogens (tertiary/aromatic N) is 3. The summed E-state index contributed by atoms with van der Waals surface area (Å²) in [5.74, 6) is 0.641. The molecule has 20 heavy (non-hydrogen) atoms. The molecule has 2 aromatic heterocycles. The first-order valence-electron chi connectivity index (χ1n) is 6.99. The lowest BCUT2D eigenvalue weighted by Gasteiger charge is -2.14. The van der Waals surface area contributed by atoms with Gasteiger partial charge in [0, 0.05) is 12.7 Å². The van der Waals surface area contributed by atoms with Crippen LogP contribution in [0.15, 0.2) is 24.4 Å². The molecular weight excluding hydrogens is 252 g/mol. The topological polar surface area (TPSA) is 52.0 Å². The number of hydrogen-bond donors (Lipinski definition) is 1. The lowest BCUT2D eigenvalue weighted by molar-refractivity contribution is 0.234. The summed E-state index contributed by atoms with van der Waals surface area (Å²) in [6.45, 7) is 9.66.